The summed E-state index contributed by atoms with van der Waals surface area (Å²) in [5.41, 5.74) is 0.813. The maximum atomic E-state index is 11.0. The highest BCUT2D eigenvalue weighted by atomic mass is 16.6. The highest BCUT2D eigenvalue weighted by molar-refractivity contribution is 5.63. The number of ether oxygens (including phenoxy) is 1. The fraction of sp³-hybridized carbons (Fsp3) is 0.500. The summed E-state index contributed by atoms with van der Waals surface area (Å²) in [5.74, 6) is 0. The van der Waals surface area contributed by atoms with Crippen molar-refractivity contribution in [3.63, 3.8) is 0 Å². The van der Waals surface area contributed by atoms with E-state index in [1.54, 1.807) is 12.1 Å². The van der Waals surface area contributed by atoms with Gasteiger partial charge in [-0.05, 0) is 18.9 Å². The molecule has 5 nitrogen and oxygen atoms in total. The molecule has 1 heterocycles. The number of hydrogen-bond donors (Lipinski definition) is 0. The van der Waals surface area contributed by atoms with E-state index in [0.717, 1.165) is 19.4 Å². The van der Waals surface area contributed by atoms with Gasteiger partial charge in [-0.3, -0.25) is 10.1 Å². The van der Waals surface area contributed by atoms with Gasteiger partial charge in [0.2, 0.25) is 0 Å². The summed E-state index contributed by atoms with van der Waals surface area (Å²) in [6.07, 6.45) is 2.03. The van der Waals surface area contributed by atoms with Gasteiger partial charge in [-0.2, -0.15) is 0 Å². The molecule has 1 aliphatic rings. The van der Waals surface area contributed by atoms with Crippen LogP contribution in [-0.2, 0) is 4.74 Å². The average Bonchev–Trinajstić information content (AvgIpc) is 2.39. The highest BCUT2D eigenvalue weighted by Crippen LogP contribution is 2.29. The zero-order chi connectivity index (χ0) is 12.3. The van der Waals surface area contributed by atoms with Crippen LogP contribution >= 0.6 is 0 Å². The Morgan fingerprint density at radius 1 is 1.47 bits per heavy atom. The number of nitro benzene ring substituents is 1. The smallest absolute Gasteiger partial charge is 0.292 e. The molecule has 0 N–H and O–H groups in total. The van der Waals surface area contributed by atoms with Crippen LogP contribution < -0.4 is 4.90 Å². The maximum absolute atomic E-state index is 11.0. The van der Waals surface area contributed by atoms with Crippen molar-refractivity contribution in [2.24, 2.45) is 0 Å². The van der Waals surface area contributed by atoms with Crippen molar-refractivity contribution >= 4 is 11.4 Å². The van der Waals surface area contributed by atoms with Gasteiger partial charge < -0.3 is 9.64 Å². The van der Waals surface area contributed by atoms with Crippen LogP contribution in [0.1, 0.15) is 12.8 Å². The van der Waals surface area contributed by atoms with Crippen LogP contribution in [0, 0.1) is 10.1 Å². The second kappa shape index (κ2) is 5.14. The molecule has 0 aliphatic carbocycles. The Balaban J connectivity index is 2.23. The van der Waals surface area contributed by atoms with E-state index in [0.29, 0.717) is 12.3 Å². The topological polar surface area (TPSA) is 55.6 Å². The van der Waals surface area contributed by atoms with Crippen molar-refractivity contribution in [2.75, 3.05) is 25.2 Å². The molecule has 0 saturated carbocycles. The Morgan fingerprint density at radius 3 is 2.88 bits per heavy atom. The Morgan fingerprint density at radius 2 is 2.24 bits per heavy atom. The van der Waals surface area contributed by atoms with Crippen LogP contribution in [0.25, 0.3) is 0 Å². The molecule has 17 heavy (non-hydrogen) atoms. The number of anilines is 1. The third-order valence-electron chi connectivity index (χ3n) is 3.14. The molecule has 1 aromatic carbocycles. The highest BCUT2D eigenvalue weighted by Gasteiger charge is 2.24. The summed E-state index contributed by atoms with van der Waals surface area (Å²) >= 11 is 0. The molecule has 0 aromatic heterocycles. The number of nitro groups is 1. The first-order chi connectivity index (χ1) is 8.20. The number of likely N-dealkylation sites (N-methyl/N-ethyl adjacent to an activating group) is 1. The molecular weight excluding hydrogens is 220 g/mol. The van der Waals surface area contributed by atoms with Crippen molar-refractivity contribution in [3.8, 4) is 0 Å². The molecular formula is C12H16N2O3. The van der Waals surface area contributed by atoms with E-state index in [4.69, 9.17) is 4.74 Å². The largest absolute Gasteiger partial charge is 0.379 e. The van der Waals surface area contributed by atoms with Gasteiger partial charge in [0, 0.05) is 19.7 Å². The fourth-order valence-corrected chi connectivity index (χ4v) is 2.14. The van der Waals surface area contributed by atoms with Crippen molar-refractivity contribution < 1.29 is 9.66 Å². The number of nitrogens with zero attached hydrogens (tertiary/aromatic N) is 2. The summed E-state index contributed by atoms with van der Waals surface area (Å²) in [7, 11) is 1.89. The van der Waals surface area contributed by atoms with Crippen molar-refractivity contribution in [1.82, 2.24) is 0 Å². The SMILES string of the molecule is CN(c1ccccc1[N+](=O)[O-])[C@@H]1CCCOC1. The lowest BCUT2D eigenvalue weighted by Crippen LogP contribution is -2.38. The lowest BCUT2D eigenvalue weighted by Gasteiger charge is -2.32. The minimum absolute atomic E-state index is 0.153. The van der Waals surface area contributed by atoms with E-state index in [1.165, 1.54) is 6.07 Å². The molecule has 5 heteroatoms. The van der Waals surface area contributed by atoms with Crippen molar-refractivity contribution in [3.05, 3.63) is 34.4 Å². The van der Waals surface area contributed by atoms with Gasteiger partial charge in [-0.1, -0.05) is 12.1 Å². The Kier molecular flexibility index (Phi) is 3.58. The van der Waals surface area contributed by atoms with Gasteiger partial charge in [-0.15, -0.1) is 0 Å². The Labute approximate surface area is 100 Å². The Hall–Kier alpha value is -1.62. The monoisotopic (exact) mass is 236 g/mol. The zero-order valence-corrected chi connectivity index (χ0v) is 9.83. The molecule has 92 valence electrons. The lowest BCUT2D eigenvalue weighted by molar-refractivity contribution is -0.384. The number of benzene rings is 1. The van der Waals surface area contributed by atoms with Crippen LogP contribution in [0.2, 0.25) is 0 Å². The molecule has 1 fully saturated rings. The van der Waals surface area contributed by atoms with Crippen molar-refractivity contribution in [2.45, 2.75) is 18.9 Å². The second-order valence-corrected chi connectivity index (χ2v) is 4.23. The third-order valence-corrected chi connectivity index (χ3v) is 3.14. The van der Waals surface area contributed by atoms with Crippen LogP contribution in [0.15, 0.2) is 24.3 Å². The van der Waals surface area contributed by atoms with Crippen molar-refractivity contribution in [1.29, 1.82) is 0 Å². The first kappa shape index (κ1) is 11.9. The first-order valence-electron chi connectivity index (χ1n) is 5.74. The van der Waals surface area contributed by atoms with E-state index in [9.17, 15) is 10.1 Å². The molecule has 0 unspecified atom stereocenters. The standard InChI is InChI=1S/C12H16N2O3/c1-13(10-5-4-8-17-9-10)11-6-2-3-7-12(11)14(15)16/h2-3,6-7,10H,4-5,8-9H2,1H3/t10-/m1/s1. The zero-order valence-electron chi connectivity index (χ0n) is 9.83. The maximum Gasteiger partial charge on any atom is 0.292 e. The Bertz CT molecular complexity index is 402. The molecule has 0 bridgehead atoms. The van der Waals surface area contributed by atoms with Gasteiger partial charge in [-0.25, -0.2) is 0 Å². The summed E-state index contributed by atoms with van der Waals surface area (Å²) < 4.78 is 5.41. The second-order valence-electron chi connectivity index (χ2n) is 4.23. The van der Waals surface area contributed by atoms with E-state index in [-0.39, 0.29) is 16.7 Å². The molecule has 2 rings (SSSR count). The first-order valence-corrected chi connectivity index (χ1v) is 5.74. The molecule has 1 aliphatic heterocycles. The molecule has 1 aromatic rings. The number of rotatable bonds is 3. The van der Waals surface area contributed by atoms with Gasteiger partial charge in [0.25, 0.3) is 5.69 Å². The van der Waals surface area contributed by atoms with Crippen LogP contribution in [0.5, 0.6) is 0 Å². The van der Waals surface area contributed by atoms with E-state index < -0.39 is 0 Å². The molecule has 1 saturated heterocycles. The predicted octanol–water partition coefficient (Wildman–Crippen LogP) is 2.21. The lowest BCUT2D eigenvalue weighted by atomic mass is 10.1. The quantitative estimate of drug-likeness (QED) is 0.596. The minimum atomic E-state index is -0.338. The van der Waals surface area contributed by atoms with E-state index in [2.05, 4.69) is 0 Å². The number of hydrogen-bond acceptors (Lipinski definition) is 4. The number of para-hydroxylation sites is 2. The van der Waals surface area contributed by atoms with Crippen LogP contribution in [-0.4, -0.2) is 31.2 Å². The summed E-state index contributed by atoms with van der Waals surface area (Å²) in [5, 5.41) is 11.0. The van der Waals surface area contributed by atoms with Gasteiger partial charge in [0.1, 0.15) is 5.69 Å². The van der Waals surface area contributed by atoms with E-state index in [1.807, 2.05) is 18.0 Å². The fourth-order valence-electron chi connectivity index (χ4n) is 2.14. The van der Waals surface area contributed by atoms with Gasteiger partial charge in [0.15, 0.2) is 0 Å². The molecule has 0 radical (unpaired) electrons. The molecule has 1 atom stereocenters. The average molecular weight is 236 g/mol. The summed E-state index contributed by atoms with van der Waals surface area (Å²) in [6, 6.07) is 7.06. The summed E-state index contributed by atoms with van der Waals surface area (Å²) in [6.45, 7) is 1.43. The van der Waals surface area contributed by atoms with E-state index >= 15 is 0 Å². The van der Waals surface area contributed by atoms with Gasteiger partial charge >= 0.3 is 0 Å². The third kappa shape index (κ3) is 2.55. The summed E-state index contributed by atoms with van der Waals surface area (Å²) in [4.78, 5) is 12.6. The van der Waals surface area contributed by atoms with Crippen LogP contribution in [0.3, 0.4) is 0 Å². The van der Waals surface area contributed by atoms with Gasteiger partial charge in [0.05, 0.1) is 17.6 Å². The van der Waals surface area contributed by atoms with Crippen LogP contribution in [0.4, 0.5) is 11.4 Å². The predicted molar refractivity (Wildman–Crippen MR) is 65.3 cm³/mol. The normalized spacial score (nSPS) is 19.9. The molecule has 0 spiro atoms. The minimum Gasteiger partial charge on any atom is -0.379 e. The molecule has 0 amide bonds.